The first-order valence-corrected chi connectivity index (χ1v) is 6.38. The number of rotatable bonds is 4. The third-order valence-corrected chi connectivity index (χ3v) is 3.77. The van der Waals surface area contributed by atoms with E-state index in [0.29, 0.717) is 11.5 Å². The van der Waals surface area contributed by atoms with E-state index >= 15 is 0 Å². The van der Waals surface area contributed by atoms with Gasteiger partial charge in [0.15, 0.2) is 11.6 Å². The van der Waals surface area contributed by atoms with Crippen molar-refractivity contribution in [2.24, 2.45) is 11.3 Å². The first-order chi connectivity index (χ1) is 8.27. The monoisotopic (exact) mass is 255 g/mol. The van der Waals surface area contributed by atoms with E-state index in [9.17, 15) is 8.78 Å². The quantitative estimate of drug-likeness (QED) is 0.846. The summed E-state index contributed by atoms with van der Waals surface area (Å²) in [7, 11) is 1.78. The van der Waals surface area contributed by atoms with Gasteiger partial charge in [-0.15, -0.1) is 0 Å². The molecule has 0 aliphatic carbocycles. The summed E-state index contributed by atoms with van der Waals surface area (Å²) in [6.07, 6.45) is 0.778. The zero-order valence-corrected chi connectivity index (χ0v) is 11.8. The predicted molar refractivity (Wildman–Crippen MR) is 71.4 cm³/mol. The van der Waals surface area contributed by atoms with Crippen molar-refractivity contribution in [3.63, 3.8) is 0 Å². The van der Waals surface area contributed by atoms with Crippen LogP contribution in [0.2, 0.25) is 0 Å². The second-order valence-corrected chi connectivity index (χ2v) is 5.99. The molecule has 0 aliphatic rings. The van der Waals surface area contributed by atoms with Crippen LogP contribution in [0.3, 0.4) is 0 Å². The van der Waals surface area contributed by atoms with Gasteiger partial charge in [-0.2, -0.15) is 0 Å². The Labute approximate surface area is 109 Å². The maximum Gasteiger partial charge on any atom is 0.163 e. The molecule has 18 heavy (non-hydrogen) atoms. The molecule has 0 spiro atoms. The van der Waals surface area contributed by atoms with E-state index in [2.05, 4.69) is 33.0 Å². The minimum absolute atomic E-state index is 0.152. The molecule has 0 amide bonds. The highest BCUT2D eigenvalue weighted by Crippen LogP contribution is 2.34. The number of benzene rings is 1. The Morgan fingerprint density at radius 1 is 1.22 bits per heavy atom. The predicted octanol–water partition coefficient (Wildman–Crippen LogP) is 4.30. The Morgan fingerprint density at radius 2 is 1.83 bits per heavy atom. The molecule has 1 aromatic rings. The molecule has 0 heterocycles. The fourth-order valence-electron chi connectivity index (χ4n) is 1.90. The van der Waals surface area contributed by atoms with E-state index in [4.69, 9.17) is 0 Å². The second kappa shape index (κ2) is 5.79. The van der Waals surface area contributed by atoms with E-state index in [1.807, 2.05) is 0 Å². The molecule has 0 bridgehead atoms. The van der Waals surface area contributed by atoms with Crippen LogP contribution in [0.1, 0.15) is 45.7 Å². The molecule has 0 fully saturated rings. The van der Waals surface area contributed by atoms with Crippen LogP contribution in [0.25, 0.3) is 0 Å². The molecular formula is C15H23F2N. The van der Waals surface area contributed by atoms with Crippen molar-refractivity contribution in [3.05, 3.63) is 35.4 Å². The van der Waals surface area contributed by atoms with Crippen LogP contribution in [0.4, 0.5) is 8.78 Å². The third kappa shape index (κ3) is 3.52. The van der Waals surface area contributed by atoms with Crippen molar-refractivity contribution in [2.75, 3.05) is 7.05 Å². The van der Waals surface area contributed by atoms with Gasteiger partial charge in [-0.3, -0.25) is 0 Å². The SMILES string of the molecule is CNC(CC(C)C(C)(C)C)c1cccc(F)c1F. The standard InChI is InChI=1S/C15H23F2N/c1-10(15(2,3)4)9-13(18-5)11-7-6-8-12(16)14(11)17/h6-8,10,13,18H,9H2,1-5H3. The van der Waals surface area contributed by atoms with Crippen molar-refractivity contribution in [3.8, 4) is 0 Å². The molecule has 2 atom stereocenters. The minimum Gasteiger partial charge on any atom is -0.313 e. The summed E-state index contributed by atoms with van der Waals surface area (Å²) in [6, 6.07) is 4.20. The molecule has 102 valence electrons. The maximum absolute atomic E-state index is 13.8. The summed E-state index contributed by atoms with van der Waals surface area (Å²) >= 11 is 0. The Hall–Kier alpha value is -0.960. The van der Waals surface area contributed by atoms with Crippen LogP contribution in [0.5, 0.6) is 0 Å². The van der Waals surface area contributed by atoms with Gasteiger partial charge in [0, 0.05) is 11.6 Å². The zero-order valence-electron chi connectivity index (χ0n) is 11.8. The lowest BCUT2D eigenvalue weighted by atomic mass is 9.77. The van der Waals surface area contributed by atoms with Crippen molar-refractivity contribution in [2.45, 2.75) is 40.2 Å². The Balaban J connectivity index is 2.94. The highest BCUT2D eigenvalue weighted by atomic mass is 19.2. The number of nitrogens with one attached hydrogen (secondary N) is 1. The van der Waals surface area contributed by atoms with Gasteiger partial charge in [-0.1, -0.05) is 39.8 Å². The maximum atomic E-state index is 13.8. The number of hydrogen-bond acceptors (Lipinski definition) is 1. The summed E-state index contributed by atoms with van der Waals surface area (Å²) in [6.45, 7) is 8.62. The molecule has 1 rings (SSSR count). The third-order valence-electron chi connectivity index (χ3n) is 3.77. The van der Waals surface area contributed by atoms with E-state index in [-0.39, 0.29) is 11.5 Å². The van der Waals surface area contributed by atoms with Crippen molar-refractivity contribution >= 4 is 0 Å². The smallest absolute Gasteiger partial charge is 0.163 e. The van der Waals surface area contributed by atoms with E-state index in [1.165, 1.54) is 0 Å². The first kappa shape index (κ1) is 15.1. The molecular weight excluding hydrogens is 232 g/mol. The topological polar surface area (TPSA) is 12.0 Å². The molecule has 3 heteroatoms. The summed E-state index contributed by atoms with van der Waals surface area (Å²) < 4.78 is 27.0. The summed E-state index contributed by atoms with van der Waals surface area (Å²) in [5, 5.41) is 3.08. The highest BCUT2D eigenvalue weighted by Gasteiger charge is 2.25. The van der Waals surface area contributed by atoms with Crippen molar-refractivity contribution < 1.29 is 8.78 Å². The molecule has 1 aromatic carbocycles. The molecule has 2 unspecified atom stereocenters. The summed E-state index contributed by atoms with van der Waals surface area (Å²) in [5.41, 5.74) is 0.562. The molecule has 0 aliphatic heterocycles. The van der Waals surface area contributed by atoms with Gasteiger partial charge in [-0.25, -0.2) is 8.78 Å². The average Bonchev–Trinajstić information content (AvgIpc) is 2.28. The van der Waals surface area contributed by atoms with E-state index < -0.39 is 11.6 Å². The van der Waals surface area contributed by atoms with Crippen LogP contribution < -0.4 is 5.32 Å². The van der Waals surface area contributed by atoms with Gasteiger partial charge < -0.3 is 5.32 Å². The molecule has 0 aromatic heterocycles. The van der Waals surface area contributed by atoms with E-state index in [0.717, 1.165) is 12.5 Å². The van der Waals surface area contributed by atoms with Crippen molar-refractivity contribution in [1.29, 1.82) is 0 Å². The fourth-order valence-corrected chi connectivity index (χ4v) is 1.90. The lowest BCUT2D eigenvalue weighted by Crippen LogP contribution is -2.26. The zero-order chi connectivity index (χ0) is 13.9. The van der Waals surface area contributed by atoms with Gasteiger partial charge >= 0.3 is 0 Å². The Morgan fingerprint density at radius 3 is 2.33 bits per heavy atom. The van der Waals surface area contributed by atoms with Crippen LogP contribution in [0, 0.1) is 23.0 Å². The second-order valence-electron chi connectivity index (χ2n) is 5.99. The first-order valence-electron chi connectivity index (χ1n) is 6.38. The number of halogens is 2. The lowest BCUT2D eigenvalue weighted by molar-refractivity contribution is 0.224. The van der Waals surface area contributed by atoms with Gasteiger partial charge in [0.2, 0.25) is 0 Å². The highest BCUT2D eigenvalue weighted by molar-refractivity contribution is 5.22. The van der Waals surface area contributed by atoms with Crippen LogP contribution in [-0.2, 0) is 0 Å². The fraction of sp³-hybridized carbons (Fsp3) is 0.600. The van der Waals surface area contributed by atoms with Gasteiger partial charge in [0.25, 0.3) is 0 Å². The normalized spacial score (nSPS) is 15.5. The molecule has 1 nitrogen and oxygen atoms in total. The largest absolute Gasteiger partial charge is 0.313 e. The minimum atomic E-state index is -0.781. The molecule has 0 saturated heterocycles. The average molecular weight is 255 g/mol. The molecule has 1 N–H and O–H groups in total. The van der Waals surface area contributed by atoms with Crippen LogP contribution in [0.15, 0.2) is 18.2 Å². The van der Waals surface area contributed by atoms with Crippen LogP contribution >= 0.6 is 0 Å². The van der Waals surface area contributed by atoms with Crippen LogP contribution in [-0.4, -0.2) is 7.05 Å². The van der Waals surface area contributed by atoms with E-state index in [1.54, 1.807) is 19.2 Å². The Kier molecular flexibility index (Phi) is 4.85. The summed E-state index contributed by atoms with van der Waals surface area (Å²) in [5.74, 6) is -1.12. The number of hydrogen-bond donors (Lipinski definition) is 1. The lowest BCUT2D eigenvalue weighted by Gasteiger charge is -2.31. The van der Waals surface area contributed by atoms with Gasteiger partial charge in [-0.05, 0) is 30.9 Å². The van der Waals surface area contributed by atoms with Crippen molar-refractivity contribution in [1.82, 2.24) is 5.32 Å². The summed E-state index contributed by atoms with van der Waals surface area (Å²) in [4.78, 5) is 0. The molecule has 0 radical (unpaired) electrons. The van der Waals surface area contributed by atoms with Gasteiger partial charge in [0.1, 0.15) is 0 Å². The Bertz CT molecular complexity index is 396. The molecule has 0 saturated carbocycles. The van der Waals surface area contributed by atoms with Gasteiger partial charge in [0.05, 0.1) is 0 Å².